The third kappa shape index (κ3) is 13.6. The summed E-state index contributed by atoms with van der Waals surface area (Å²) in [6.45, 7) is 0. The topological polar surface area (TPSA) is 50.6 Å². The normalized spacial score (nSPS) is 14.0. The standard InChI is InChI=1S/C47H34N4.C45H30N2.C45H32N2/c1-5-15-33(16-6-1)45-48-49-46(34-17-7-2-8-18-34)51(45)38-27-25-37(26-28-38)50-32-31-40-43(50)30-29-42-44(40)39-23-13-14-24-41(39)47(42,35-19-9-3-10-20-35)36-21-11-4-12-22-36;1-4-14-31(15-5-1)45(32-16-6-2-7-17-32)39-22-12-10-21-36(39)44-37-28-29-46(41(37)27-25-40(44)45)34-24-26-43-38(30-34)35-20-11-13-23-42(35)47(43)33-18-8-3-9-19-33;1-5-15-33(16-6-1)45(34-17-7-2-8-18-34)41-24-14-13-23-39(41)44-40-31-32-46(43(40)30-29-42(44)45)35-25-27-38(28-26-35)47(36-19-9-3-10-20-36)37-21-11-4-12-22-37/h1-32,45,48H;1-30H;1-32H. The van der Waals surface area contributed by atoms with Gasteiger partial charge in [-0.2, -0.15) is 5.10 Å². The van der Waals surface area contributed by atoms with E-state index in [0.717, 1.165) is 56.8 Å². The number of fused-ring (bicyclic) bond motifs is 18. The van der Waals surface area contributed by atoms with Crippen LogP contribution in [0.15, 0.2) is 576 Å². The van der Waals surface area contributed by atoms with E-state index >= 15 is 0 Å². The van der Waals surface area contributed by atoms with Crippen molar-refractivity contribution in [3.63, 3.8) is 0 Å². The van der Waals surface area contributed by atoms with Gasteiger partial charge in [-0.15, -0.1) is 0 Å². The molecular formula is C137H96N8. The van der Waals surface area contributed by atoms with Gasteiger partial charge in [-0.25, -0.2) is 0 Å². The number of amidine groups is 1. The number of hydrogen-bond donors (Lipinski definition) is 1. The van der Waals surface area contributed by atoms with Crippen LogP contribution in [0.1, 0.15) is 84.1 Å². The summed E-state index contributed by atoms with van der Waals surface area (Å²) < 4.78 is 9.37. The second-order valence-electron chi connectivity index (χ2n) is 37.9. The maximum Gasteiger partial charge on any atom is 0.162 e. The van der Waals surface area contributed by atoms with Crippen molar-refractivity contribution in [1.82, 2.24) is 23.7 Å². The highest BCUT2D eigenvalue weighted by atomic mass is 15.5. The van der Waals surface area contributed by atoms with Gasteiger partial charge in [0, 0.05) is 96.6 Å². The number of aromatic nitrogens is 4. The lowest BCUT2D eigenvalue weighted by Gasteiger charge is -2.33. The second-order valence-corrected chi connectivity index (χ2v) is 37.9. The number of anilines is 4. The van der Waals surface area contributed by atoms with Crippen LogP contribution < -0.4 is 15.2 Å². The molecule has 3 aliphatic carbocycles. The van der Waals surface area contributed by atoms with E-state index in [9.17, 15) is 0 Å². The Morgan fingerprint density at radius 3 is 0.924 bits per heavy atom. The van der Waals surface area contributed by atoms with Crippen LogP contribution in [-0.4, -0.2) is 24.1 Å². The smallest absolute Gasteiger partial charge is 0.162 e. The summed E-state index contributed by atoms with van der Waals surface area (Å²) >= 11 is 0. The highest BCUT2D eigenvalue weighted by Gasteiger charge is 2.50. The molecule has 1 unspecified atom stereocenters. The predicted octanol–water partition coefficient (Wildman–Crippen LogP) is 33.0. The first-order valence-corrected chi connectivity index (χ1v) is 50.0. The first-order chi connectivity index (χ1) is 72.0. The summed E-state index contributed by atoms with van der Waals surface area (Å²) in [7, 11) is 0. The van der Waals surface area contributed by atoms with Crippen molar-refractivity contribution in [3.05, 3.63) is 649 Å². The summed E-state index contributed by atoms with van der Waals surface area (Å²) in [6.07, 6.45) is 6.57. The van der Waals surface area contributed by atoms with E-state index in [1.54, 1.807) is 0 Å². The summed E-state index contributed by atoms with van der Waals surface area (Å²) in [4.78, 5) is 4.59. The summed E-state index contributed by atoms with van der Waals surface area (Å²) in [5, 5.41) is 11.1. The quantitative estimate of drug-likeness (QED) is 0.105. The molecule has 1 atom stereocenters. The minimum Gasteiger partial charge on any atom is -0.317 e. The van der Waals surface area contributed by atoms with E-state index in [2.05, 4.69) is 598 Å². The summed E-state index contributed by atoms with van der Waals surface area (Å²) in [6, 6.07) is 200. The number of nitrogens with one attached hydrogen (secondary N) is 1. The molecule has 5 heterocycles. The van der Waals surface area contributed by atoms with E-state index in [-0.39, 0.29) is 6.17 Å². The van der Waals surface area contributed by atoms with E-state index in [1.807, 2.05) is 6.07 Å². The van der Waals surface area contributed by atoms with Gasteiger partial charge in [0.25, 0.3) is 0 Å². The van der Waals surface area contributed by atoms with Crippen molar-refractivity contribution in [1.29, 1.82) is 0 Å². The van der Waals surface area contributed by atoms with Crippen molar-refractivity contribution in [2.75, 3.05) is 9.80 Å². The van der Waals surface area contributed by atoms with Gasteiger partial charge in [-0.05, 0) is 251 Å². The average Bonchev–Trinajstić information content (AvgIpc) is 1.54. The first kappa shape index (κ1) is 85.3. The maximum atomic E-state index is 4.83. The number of benzene rings is 21. The minimum atomic E-state index is -0.413. The maximum absolute atomic E-state index is 4.83. The van der Waals surface area contributed by atoms with Crippen molar-refractivity contribution in [3.8, 4) is 56.1 Å². The fourth-order valence-electron chi connectivity index (χ4n) is 24.5. The third-order valence-electron chi connectivity index (χ3n) is 30.6. The Morgan fingerprint density at radius 1 is 0.214 bits per heavy atom. The third-order valence-corrected chi connectivity index (χ3v) is 30.6. The lowest BCUT2D eigenvalue weighted by Crippen LogP contribution is -2.33. The van der Waals surface area contributed by atoms with Gasteiger partial charge in [0.15, 0.2) is 5.84 Å². The minimum absolute atomic E-state index is 0.114. The van der Waals surface area contributed by atoms with Gasteiger partial charge >= 0.3 is 0 Å². The van der Waals surface area contributed by atoms with Crippen LogP contribution in [0.2, 0.25) is 0 Å². The molecule has 4 aromatic heterocycles. The molecule has 0 saturated heterocycles. The Labute approximate surface area is 842 Å². The summed E-state index contributed by atoms with van der Waals surface area (Å²) in [5.41, 5.74) is 43.0. The zero-order chi connectivity index (χ0) is 95.9. The van der Waals surface area contributed by atoms with Crippen LogP contribution in [0, 0.1) is 0 Å². The monoisotopic (exact) mass is 1850 g/mol. The zero-order valence-electron chi connectivity index (χ0n) is 79.5. The predicted molar refractivity (Wildman–Crippen MR) is 599 cm³/mol. The molecular weight excluding hydrogens is 1760 g/mol. The van der Waals surface area contributed by atoms with Gasteiger partial charge in [-0.3, -0.25) is 10.3 Å². The number of hydrazone groups is 1. The number of nitrogens with zero attached hydrogens (tertiary/aromatic N) is 7. The molecule has 0 spiro atoms. The van der Waals surface area contributed by atoms with E-state index in [1.165, 1.54) is 160 Å². The Bertz CT molecular complexity index is 9010. The van der Waals surface area contributed by atoms with Gasteiger partial charge < -0.3 is 23.2 Å². The molecule has 21 aromatic carbocycles. The van der Waals surface area contributed by atoms with Crippen LogP contribution in [0.4, 0.5) is 22.7 Å². The Morgan fingerprint density at radius 2 is 0.517 bits per heavy atom. The van der Waals surface area contributed by atoms with E-state index < -0.39 is 16.2 Å². The molecule has 0 amide bonds. The number of para-hydroxylation sites is 4. The van der Waals surface area contributed by atoms with Gasteiger partial charge in [0.1, 0.15) is 6.17 Å². The van der Waals surface area contributed by atoms with E-state index in [4.69, 9.17) is 5.10 Å². The molecule has 0 bridgehead atoms. The van der Waals surface area contributed by atoms with Crippen LogP contribution >= 0.6 is 0 Å². The van der Waals surface area contributed by atoms with Crippen molar-refractivity contribution >= 4 is 83.1 Å². The molecule has 1 aliphatic heterocycles. The molecule has 0 radical (unpaired) electrons. The SMILES string of the molecule is c1ccc(-n2c3ccccc3c3cc(-n4ccc5c6c(ccc54)C(c4ccccc4)(c4ccccc4)c4ccccc4-6)ccc32)cc1.c1ccc(C2=NNC(c3ccccc3)N2c2ccc(-n3ccc4c5c(ccc43)C(c3ccccc3)(c3ccccc3)c3ccccc3-5)cc2)cc1.c1ccc(N(c2ccccc2)c2ccc(-n3ccc4c5c(ccc43)C(c3ccccc3)(c3ccccc3)c3ccccc3-5)cc2)cc1. The van der Waals surface area contributed by atoms with Gasteiger partial charge in [-0.1, -0.05) is 406 Å². The van der Waals surface area contributed by atoms with E-state index in [0.29, 0.717) is 0 Å². The molecule has 4 aliphatic rings. The molecule has 0 saturated carbocycles. The van der Waals surface area contributed by atoms with Crippen LogP contribution in [0.3, 0.4) is 0 Å². The fraction of sp³-hybridized carbons (Fsp3) is 0.0292. The molecule has 145 heavy (non-hydrogen) atoms. The van der Waals surface area contributed by atoms with Crippen LogP contribution in [0.5, 0.6) is 0 Å². The average molecular weight is 1850 g/mol. The van der Waals surface area contributed by atoms with Gasteiger partial charge in [0.05, 0.1) is 43.8 Å². The fourth-order valence-corrected chi connectivity index (χ4v) is 24.5. The molecule has 0 fully saturated rings. The molecule has 25 aromatic rings. The van der Waals surface area contributed by atoms with Crippen molar-refractivity contribution < 1.29 is 0 Å². The molecule has 684 valence electrons. The highest BCUT2D eigenvalue weighted by Crippen LogP contribution is 2.62. The molecule has 8 nitrogen and oxygen atoms in total. The lowest BCUT2D eigenvalue weighted by atomic mass is 9.67. The lowest BCUT2D eigenvalue weighted by molar-refractivity contribution is 0.617. The Balaban J connectivity index is 0.000000108. The van der Waals surface area contributed by atoms with Crippen LogP contribution in [0.25, 0.3) is 111 Å². The van der Waals surface area contributed by atoms with Crippen LogP contribution in [-0.2, 0) is 16.2 Å². The Hall–Kier alpha value is -18.9. The largest absolute Gasteiger partial charge is 0.317 e. The zero-order valence-corrected chi connectivity index (χ0v) is 79.5. The molecule has 29 rings (SSSR count). The summed E-state index contributed by atoms with van der Waals surface area (Å²) in [5.74, 6) is 0.901. The highest BCUT2D eigenvalue weighted by molar-refractivity contribution is 6.13. The Kier molecular flexibility index (Phi) is 20.9. The number of hydrogen-bond acceptors (Lipinski definition) is 4. The second kappa shape index (κ2) is 35.5. The number of rotatable bonds is 16. The molecule has 1 N–H and O–H groups in total. The first-order valence-electron chi connectivity index (χ1n) is 50.0. The molecule has 8 heteroatoms. The van der Waals surface area contributed by atoms with Crippen molar-refractivity contribution in [2.45, 2.75) is 22.4 Å². The van der Waals surface area contributed by atoms with Crippen molar-refractivity contribution in [2.24, 2.45) is 5.10 Å². The van der Waals surface area contributed by atoms with Gasteiger partial charge in [0.2, 0.25) is 0 Å².